The first-order chi connectivity index (χ1) is 16.9. The molecule has 2 aliphatic carbocycles. The molecule has 36 heavy (non-hydrogen) atoms. The third-order valence-corrected chi connectivity index (χ3v) is 9.54. The zero-order valence-corrected chi connectivity index (χ0v) is 20.8. The lowest BCUT2D eigenvalue weighted by molar-refractivity contribution is -0.142. The molecule has 4 amide bonds. The molecule has 1 aromatic rings. The molecule has 0 bridgehead atoms. The van der Waals surface area contributed by atoms with Crippen LogP contribution in [-0.4, -0.2) is 73.0 Å². The summed E-state index contributed by atoms with van der Waals surface area (Å²) in [5.74, 6) is -6.59. The number of allylic oxidation sites excluding steroid dienone is 2. The average molecular weight is 535 g/mol. The highest BCUT2D eigenvalue weighted by Crippen LogP contribution is 2.65. The summed E-state index contributed by atoms with van der Waals surface area (Å²) in [4.78, 5) is 62.5. The fourth-order valence-electron chi connectivity index (χ4n) is 6.50. The minimum absolute atomic E-state index is 0.0203. The second kappa shape index (κ2) is 8.31. The first-order valence-electron chi connectivity index (χ1n) is 11.7. The Morgan fingerprint density at radius 2 is 1.78 bits per heavy atom. The van der Waals surface area contributed by atoms with E-state index in [2.05, 4.69) is 0 Å². The van der Waals surface area contributed by atoms with E-state index >= 15 is 0 Å². The van der Waals surface area contributed by atoms with E-state index in [0.29, 0.717) is 11.1 Å². The number of likely N-dealkylation sites (tertiary alicyclic amines) is 2. The molecular weight excluding hydrogens is 511 g/mol. The smallest absolute Gasteiger partial charge is 0.303 e. The quantitative estimate of drug-likeness (QED) is 0.336. The molecular formula is C25H24Cl2N2O7. The number of nitrogens with zero attached hydrogens (tertiary/aromatic N) is 2. The number of para-hydroxylation sites is 1. The number of carbonyl (C=O) groups excluding carboxylic acids is 4. The summed E-state index contributed by atoms with van der Waals surface area (Å²) in [7, 11) is 1.30. The Labute approximate surface area is 216 Å². The minimum atomic E-state index is -1.94. The van der Waals surface area contributed by atoms with Gasteiger partial charge in [-0.2, -0.15) is 0 Å². The van der Waals surface area contributed by atoms with Crippen molar-refractivity contribution in [3.05, 3.63) is 41.5 Å². The number of carboxylic acids is 1. The van der Waals surface area contributed by atoms with Crippen molar-refractivity contribution in [1.29, 1.82) is 0 Å². The predicted octanol–water partition coefficient (Wildman–Crippen LogP) is 2.25. The predicted molar refractivity (Wildman–Crippen MR) is 127 cm³/mol. The van der Waals surface area contributed by atoms with E-state index in [0.717, 1.165) is 9.80 Å². The number of carboxylic acid groups (broad SMARTS) is 1. The van der Waals surface area contributed by atoms with E-state index in [1.807, 2.05) is 0 Å². The summed E-state index contributed by atoms with van der Waals surface area (Å²) in [6.45, 7) is -0.0203. The SMILES string of the molecule is CN1C(=O)[C@]2(Cl)C[C@@H]3C(=CC[C@@H]4C(=O)N(CCCC(=O)O)C(=O)[C@@H]43)[C@H](c3ccccc3O)[C@]2(Cl)C1=O. The number of phenols is 1. The molecule has 0 radical (unpaired) electrons. The Hall–Kier alpha value is -2.91. The number of carbonyl (C=O) groups is 5. The number of aromatic hydroxyl groups is 1. The van der Waals surface area contributed by atoms with Crippen LogP contribution in [0.5, 0.6) is 5.75 Å². The number of fused-ring (bicyclic) bond motifs is 4. The number of aliphatic carboxylic acids is 1. The molecule has 2 N–H and O–H groups in total. The van der Waals surface area contributed by atoms with Gasteiger partial charge in [0.05, 0.1) is 11.8 Å². The Kier molecular flexibility index (Phi) is 5.72. The summed E-state index contributed by atoms with van der Waals surface area (Å²) in [6, 6.07) is 6.33. The Balaban J connectivity index is 1.62. The van der Waals surface area contributed by atoms with Crippen LogP contribution in [0.25, 0.3) is 0 Å². The first kappa shape index (κ1) is 24.8. The average Bonchev–Trinajstić information content (AvgIpc) is 3.15. The zero-order chi connectivity index (χ0) is 26.2. The highest BCUT2D eigenvalue weighted by molar-refractivity contribution is 6.53. The maximum Gasteiger partial charge on any atom is 0.303 e. The lowest BCUT2D eigenvalue weighted by Crippen LogP contribution is -2.60. The monoisotopic (exact) mass is 534 g/mol. The van der Waals surface area contributed by atoms with Crippen LogP contribution < -0.4 is 0 Å². The van der Waals surface area contributed by atoms with Crippen LogP contribution in [0.1, 0.15) is 37.2 Å². The summed E-state index contributed by atoms with van der Waals surface area (Å²) < 4.78 is 0. The van der Waals surface area contributed by atoms with Crippen molar-refractivity contribution in [1.82, 2.24) is 9.80 Å². The third kappa shape index (κ3) is 3.11. The van der Waals surface area contributed by atoms with Gasteiger partial charge < -0.3 is 10.2 Å². The maximum atomic E-state index is 13.5. The molecule has 0 aromatic heterocycles. The minimum Gasteiger partial charge on any atom is -0.508 e. The normalized spacial score (nSPS) is 35.5. The number of halogens is 2. The van der Waals surface area contributed by atoms with Crippen molar-refractivity contribution >= 4 is 52.8 Å². The van der Waals surface area contributed by atoms with Crippen molar-refractivity contribution in [3.8, 4) is 5.75 Å². The van der Waals surface area contributed by atoms with Crippen molar-refractivity contribution < 1.29 is 34.2 Å². The largest absolute Gasteiger partial charge is 0.508 e. The van der Waals surface area contributed by atoms with Gasteiger partial charge in [0.1, 0.15) is 5.75 Å². The highest BCUT2D eigenvalue weighted by Gasteiger charge is 2.76. The van der Waals surface area contributed by atoms with Crippen molar-refractivity contribution in [2.45, 2.75) is 41.3 Å². The number of amides is 4. The van der Waals surface area contributed by atoms with Crippen LogP contribution in [0, 0.1) is 17.8 Å². The van der Waals surface area contributed by atoms with E-state index in [1.54, 1.807) is 24.3 Å². The fraction of sp³-hybridized carbons (Fsp3) is 0.480. The number of benzene rings is 1. The number of alkyl halides is 2. The van der Waals surface area contributed by atoms with Gasteiger partial charge in [0, 0.05) is 31.5 Å². The summed E-state index contributed by atoms with van der Waals surface area (Å²) >= 11 is 14.0. The van der Waals surface area contributed by atoms with Crippen molar-refractivity contribution in [3.63, 3.8) is 0 Å². The van der Waals surface area contributed by atoms with E-state index in [9.17, 15) is 29.1 Å². The molecule has 3 fully saturated rings. The molecule has 1 aromatic carbocycles. The van der Waals surface area contributed by atoms with Gasteiger partial charge in [0.2, 0.25) is 11.8 Å². The topological polar surface area (TPSA) is 132 Å². The van der Waals surface area contributed by atoms with Gasteiger partial charge in [-0.05, 0) is 31.2 Å². The van der Waals surface area contributed by atoms with Gasteiger partial charge in [-0.25, -0.2) is 0 Å². The van der Waals surface area contributed by atoms with Crippen LogP contribution >= 0.6 is 23.2 Å². The van der Waals surface area contributed by atoms with E-state index in [1.165, 1.54) is 13.1 Å². The fourth-order valence-corrected chi connectivity index (χ4v) is 7.51. The number of hydrogen-bond donors (Lipinski definition) is 2. The first-order valence-corrected chi connectivity index (χ1v) is 12.5. The van der Waals surface area contributed by atoms with Crippen LogP contribution in [0.4, 0.5) is 0 Å². The molecule has 6 atom stereocenters. The van der Waals surface area contributed by atoms with Crippen LogP contribution in [0.3, 0.4) is 0 Å². The van der Waals surface area contributed by atoms with Crippen molar-refractivity contribution in [2.24, 2.45) is 17.8 Å². The van der Waals surface area contributed by atoms with Crippen LogP contribution in [-0.2, 0) is 24.0 Å². The van der Waals surface area contributed by atoms with Crippen molar-refractivity contribution in [2.75, 3.05) is 13.6 Å². The molecule has 11 heteroatoms. The molecule has 2 saturated heterocycles. The lowest BCUT2D eigenvalue weighted by atomic mass is 9.56. The van der Waals surface area contributed by atoms with Crippen LogP contribution in [0.2, 0.25) is 0 Å². The molecule has 1 saturated carbocycles. The molecule has 2 aliphatic heterocycles. The van der Waals surface area contributed by atoms with E-state index in [4.69, 9.17) is 28.3 Å². The number of rotatable bonds is 5. The van der Waals surface area contributed by atoms with Gasteiger partial charge in [-0.15, -0.1) is 23.2 Å². The Morgan fingerprint density at radius 3 is 2.44 bits per heavy atom. The molecule has 0 unspecified atom stereocenters. The number of hydrogen-bond acceptors (Lipinski definition) is 6. The maximum absolute atomic E-state index is 13.5. The second-order valence-electron chi connectivity index (χ2n) is 9.88. The molecule has 5 rings (SSSR count). The second-order valence-corrected chi connectivity index (χ2v) is 11.1. The standard InChI is InChI=1S/C25H24Cl2N2O7/c1-28-22(35)24(26)11-15-12(19(25(24,27)23(28)36)13-5-2-3-6-16(13)30)8-9-14-18(15)21(34)29(20(14)33)10-4-7-17(31)32/h2-3,5-6,8,14-15,18-19,30H,4,7,9-11H2,1H3,(H,31,32)/t14-,15+,18-,19+,24+,25-/m0/s1. The molecule has 2 heterocycles. The summed E-state index contributed by atoms with van der Waals surface area (Å²) in [5.41, 5.74) is 0.896. The van der Waals surface area contributed by atoms with Gasteiger partial charge in [-0.3, -0.25) is 33.8 Å². The molecule has 4 aliphatic rings. The van der Waals surface area contributed by atoms with E-state index in [-0.39, 0.29) is 43.9 Å². The zero-order valence-electron chi connectivity index (χ0n) is 19.3. The number of phenolic OH excluding ortho intramolecular Hbond substituents is 1. The molecule has 0 spiro atoms. The third-order valence-electron chi connectivity index (χ3n) is 8.13. The van der Waals surface area contributed by atoms with Crippen LogP contribution in [0.15, 0.2) is 35.9 Å². The summed E-state index contributed by atoms with van der Waals surface area (Å²) in [6.07, 6.45) is 1.80. The number of imide groups is 2. The highest BCUT2D eigenvalue weighted by atomic mass is 35.5. The Bertz CT molecular complexity index is 1250. The lowest BCUT2D eigenvalue weighted by Gasteiger charge is -2.50. The van der Waals surface area contributed by atoms with Gasteiger partial charge in [0.15, 0.2) is 9.75 Å². The molecule has 190 valence electrons. The Morgan fingerprint density at radius 1 is 1.08 bits per heavy atom. The van der Waals surface area contributed by atoms with E-state index < -0.39 is 57.1 Å². The van der Waals surface area contributed by atoms with Gasteiger partial charge in [0.25, 0.3) is 11.8 Å². The van der Waals surface area contributed by atoms with Gasteiger partial charge >= 0.3 is 5.97 Å². The molecule has 9 nitrogen and oxygen atoms in total. The summed E-state index contributed by atoms with van der Waals surface area (Å²) in [5, 5.41) is 19.7. The van der Waals surface area contributed by atoms with Gasteiger partial charge in [-0.1, -0.05) is 29.8 Å².